The van der Waals surface area contributed by atoms with E-state index in [1.165, 1.54) is 0 Å². The molecule has 2 heteroatoms. The second-order valence-electron chi connectivity index (χ2n) is 3.67. The Bertz CT molecular complexity index is 359. The van der Waals surface area contributed by atoms with Crippen molar-refractivity contribution < 1.29 is 4.74 Å². The van der Waals surface area contributed by atoms with Crippen LogP contribution in [0.5, 0.6) is 0 Å². The van der Waals surface area contributed by atoms with Crippen molar-refractivity contribution in [3.63, 3.8) is 0 Å². The van der Waals surface area contributed by atoms with Crippen LogP contribution in [0.25, 0.3) is 0 Å². The molecular weight excluding hydrogens is 232 g/mol. The van der Waals surface area contributed by atoms with Gasteiger partial charge in [-0.25, -0.2) is 0 Å². The Balaban J connectivity index is 4.44. The molecule has 1 nitrogen and oxygen atoms in total. The van der Waals surface area contributed by atoms with Crippen LogP contribution in [0, 0.1) is 0 Å². The number of halogens is 1. The molecule has 0 fully saturated rings. The lowest BCUT2D eigenvalue weighted by molar-refractivity contribution is 0.226. The zero-order chi connectivity index (χ0) is 13.3. The van der Waals surface area contributed by atoms with Crippen molar-refractivity contribution >= 4 is 11.6 Å². The van der Waals surface area contributed by atoms with Gasteiger partial charge in [0, 0.05) is 5.03 Å². The van der Waals surface area contributed by atoms with Gasteiger partial charge in [0.25, 0.3) is 0 Å². The predicted octanol–water partition coefficient (Wildman–Crippen LogP) is 5.13. The van der Waals surface area contributed by atoms with Crippen LogP contribution in [0.2, 0.25) is 0 Å². The minimum absolute atomic E-state index is 0.663. The first-order valence-corrected chi connectivity index (χ1v) is 6.08. The molecule has 0 aromatic carbocycles. The fourth-order valence-electron chi connectivity index (χ4n) is 1.02. The van der Waals surface area contributed by atoms with Crippen molar-refractivity contribution in [2.75, 3.05) is 6.61 Å². The lowest BCUT2D eigenvalue weighted by atomic mass is 10.1. The highest BCUT2D eigenvalue weighted by Crippen LogP contribution is 2.14. The van der Waals surface area contributed by atoms with Crippen molar-refractivity contribution in [1.82, 2.24) is 0 Å². The van der Waals surface area contributed by atoms with Gasteiger partial charge in [-0.2, -0.15) is 0 Å². The largest absolute Gasteiger partial charge is 0.494 e. The smallest absolute Gasteiger partial charge is 0.112 e. The molecule has 0 saturated heterocycles. The predicted molar refractivity (Wildman–Crippen MR) is 77.0 cm³/mol. The Morgan fingerprint density at radius 1 is 1.29 bits per heavy atom. The van der Waals surface area contributed by atoms with Gasteiger partial charge in [0.05, 0.1) is 6.61 Å². The van der Waals surface area contributed by atoms with Crippen LogP contribution in [0.15, 0.2) is 59.4 Å². The van der Waals surface area contributed by atoms with Gasteiger partial charge in [-0.3, -0.25) is 0 Å². The summed E-state index contributed by atoms with van der Waals surface area (Å²) in [4.78, 5) is 0. The van der Waals surface area contributed by atoms with Gasteiger partial charge >= 0.3 is 0 Å². The molecule has 0 N–H and O–H groups in total. The van der Waals surface area contributed by atoms with Gasteiger partial charge < -0.3 is 4.74 Å². The summed E-state index contributed by atoms with van der Waals surface area (Å²) in [6.07, 6.45) is 8.38. The van der Waals surface area contributed by atoms with Crippen LogP contribution < -0.4 is 0 Å². The van der Waals surface area contributed by atoms with Crippen molar-refractivity contribution in [3.8, 4) is 0 Å². The number of hydrogen-bond acceptors (Lipinski definition) is 1. The zero-order valence-corrected chi connectivity index (χ0v) is 11.7. The average Bonchev–Trinajstić information content (AvgIpc) is 2.32. The van der Waals surface area contributed by atoms with Crippen molar-refractivity contribution in [3.05, 3.63) is 59.4 Å². The van der Waals surface area contributed by atoms with Crippen molar-refractivity contribution in [2.45, 2.75) is 27.2 Å². The summed E-state index contributed by atoms with van der Waals surface area (Å²) < 4.78 is 5.39. The van der Waals surface area contributed by atoms with Crippen molar-refractivity contribution in [2.24, 2.45) is 0 Å². The summed E-state index contributed by atoms with van der Waals surface area (Å²) in [6.45, 7) is 14.4. The van der Waals surface area contributed by atoms with Gasteiger partial charge in [0.2, 0.25) is 0 Å². The first-order valence-electron chi connectivity index (χ1n) is 5.70. The van der Waals surface area contributed by atoms with Gasteiger partial charge in [-0.1, -0.05) is 43.8 Å². The molecular formula is C15H21ClO. The molecule has 0 rings (SSSR count). The monoisotopic (exact) mass is 252 g/mol. The lowest BCUT2D eigenvalue weighted by Gasteiger charge is -2.05. The maximum Gasteiger partial charge on any atom is 0.112 e. The summed E-state index contributed by atoms with van der Waals surface area (Å²) in [5.74, 6) is 0.663. The van der Waals surface area contributed by atoms with Crippen LogP contribution in [0.3, 0.4) is 0 Å². The highest BCUT2D eigenvalue weighted by molar-refractivity contribution is 6.31. The van der Waals surface area contributed by atoms with Gasteiger partial charge in [-0.15, -0.1) is 0 Å². The molecule has 0 bridgehead atoms. The first kappa shape index (κ1) is 15.8. The second kappa shape index (κ2) is 8.89. The molecule has 0 spiro atoms. The molecule has 0 heterocycles. The molecule has 0 aliphatic rings. The Kier molecular flexibility index (Phi) is 8.25. The number of hydrogen-bond donors (Lipinski definition) is 0. The van der Waals surface area contributed by atoms with E-state index in [1.54, 1.807) is 0 Å². The summed E-state index contributed by atoms with van der Waals surface area (Å²) in [6, 6.07) is 0. The normalized spacial score (nSPS) is 12.9. The van der Waals surface area contributed by atoms with E-state index in [0.29, 0.717) is 17.4 Å². The summed E-state index contributed by atoms with van der Waals surface area (Å²) >= 11 is 5.86. The van der Waals surface area contributed by atoms with Crippen LogP contribution in [-0.2, 0) is 4.74 Å². The summed E-state index contributed by atoms with van der Waals surface area (Å²) in [7, 11) is 0. The third-order valence-corrected chi connectivity index (χ3v) is 2.44. The molecule has 17 heavy (non-hydrogen) atoms. The maximum atomic E-state index is 5.86. The summed E-state index contributed by atoms with van der Waals surface area (Å²) in [5, 5.41) is 0.694. The van der Waals surface area contributed by atoms with E-state index in [0.717, 1.165) is 17.6 Å². The standard InChI is InChI=1S/C15H21ClO/c1-6-10-17-14(5)11-13(4)12(3)8-9-15(16)7-2/h7-9,11H,3,5-6,10H2,1-2,4H3/b9-8-,13-11+,15-7+. The Morgan fingerprint density at radius 3 is 2.47 bits per heavy atom. The maximum absolute atomic E-state index is 5.86. The van der Waals surface area contributed by atoms with Crippen LogP contribution in [0.1, 0.15) is 27.2 Å². The third kappa shape index (κ3) is 7.64. The molecule has 0 radical (unpaired) electrons. The summed E-state index contributed by atoms with van der Waals surface area (Å²) in [5.41, 5.74) is 1.91. The molecule has 0 aromatic rings. The minimum Gasteiger partial charge on any atom is -0.494 e. The van der Waals surface area contributed by atoms with E-state index in [9.17, 15) is 0 Å². The van der Waals surface area contributed by atoms with Crippen LogP contribution in [0.4, 0.5) is 0 Å². The SMILES string of the molecule is C=C(/C=C(\C)C(=C)/C=C\C(Cl)=C/C)OCCC. The number of rotatable bonds is 7. The lowest BCUT2D eigenvalue weighted by Crippen LogP contribution is -1.91. The van der Waals surface area contributed by atoms with E-state index in [2.05, 4.69) is 20.1 Å². The highest BCUT2D eigenvalue weighted by atomic mass is 35.5. The number of ether oxygens (including phenoxy) is 1. The topological polar surface area (TPSA) is 9.23 Å². The van der Waals surface area contributed by atoms with Gasteiger partial charge in [-0.05, 0) is 43.6 Å². The van der Waals surface area contributed by atoms with Gasteiger partial charge in [0.1, 0.15) is 5.76 Å². The first-order chi connectivity index (χ1) is 8.01. The Labute approximate surface area is 110 Å². The van der Waals surface area contributed by atoms with E-state index < -0.39 is 0 Å². The Morgan fingerprint density at radius 2 is 1.94 bits per heavy atom. The van der Waals surface area contributed by atoms with E-state index in [-0.39, 0.29) is 0 Å². The Hall–Kier alpha value is -1.21. The molecule has 0 amide bonds. The van der Waals surface area contributed by atoms with Crippen LogP contribution in [-0.4, -0.2) is 6.61 Å². The molecule has 0 saturated carbocycles. The molecule has 0 unspecified atom stereocenters. The third-order valence-electron chi connectivity index (χ3n) is 2.10. The molecule has 0 aliphatic carbocycles. The van der Waals surface area contributed by atoms with E-state index in [1.807, 2.05) is 38.2 Å². The zero-order valence-electron chi connectivity index (χ0n) is 10.9. The quantitative estimate of drug-likeness (QED) is 0.451. The van der Waals surface area contributed by atoms with Gasteiger partial charge in [0.15, 0.2) is 0 Å². The van der Waals surface area contributed by atoms with E-state index in [4.69, 9.17) is 16.3 Å². The molecule has 0 atom stereocenters. The molecule has 94 valence electrons. The fraction of sp³-hybridized carbons (Fsp3) is 0.333. The number of allylic oxidation sites excluding steroid dienone is 7. The van der Waals surface area contributed by atoms with Crippen molar-refractivity contribution in [1.29, 1.82) is 0 Å². The second-order valence-corrected chi connectivity index (χ2v) is 4.11. The average molecular weight is 253 g/mol. The molecule has 0 aliphatic heterocycles. The van der Waals surface area contributed by atoms with E-state index >= 15 is 0 Å². The molecule has 0 aromatic heterocycles. The highest BCUT2D eigenvalue weighted by Gasteiger charge is 1.95. The van der Waals surface area contributed by atoms with Crippen LogP contribution >= 0.6 is 11.6 Å². The minimum atomic E-state index is 0.663. The fourth-order valence-corrected chi connectivity index (χ4v) is 1.08.